The van der Waals surface area contributed by atoms with Gasteiger partial charge in [0, 0.05) is 29.0 Å². The van der Waals surface area contributed by atoms with Crippen LogP contribution in [0.15, 0.2) is 72.8 Å². The van der Waals surface area contributed by atoms with Gasteiger partial charge in [0.2, 0.25) is 0 Å². The Bertz CT molecular complexity index is 895. The Kier molecular flexibility index (Phi) is 5.49. The average Bonchev–Trinajstić information content (AvgIpc) is 2.67. The van der Waals surface area contributed by atoms with Crippen LogP contribution in [0.25, 0.3) is 0 Å². The number of carbonyl (C=O) groups is 1. The number of carbonyl (C=O) groups excluding carboxylic acids is 1. The maximum atomic E-state index is 13.2. The Morgan fingerprint density at radius 2 is 1.69 bits per heavy atom. The normalized spacial score (nSPS) is 10.2. The van der Waals surface area contributed by atoms with Crippen LogP contribution in [0.5, 0.6) is 5.75 Å². The molecule has 0 fully saturated rings. The van der Waals surface area contributed by atoms with Gasteiger partial charge in [-0.3, -0.25) is 4.79 Å². The zero-order valence-electron chi connectivity index (χ0n) is 14.3. The lowest BCUT2D eigenvalue weighted by Gasteiger charge is -2.11. The fourth-order valence-corrected chi connectivity index (χ4v) is 2.55. The molecule has 3 aromatic carbocycles. The zero-order chi connectivity index (χ0) is 18.4. The molecule has 0 saturated heterocycles. The average molecular weight is 350 g/mol. The first-order valence-corrected chi connectivity index (χ1v) is 8.18. The van der Waals surface area contributed by atoms with Crippen LogP contribution in [0.4, 0.5) is 15.8 Å². The molecular weight excluding hydrogens is 331 g/mol. The summed E-state index contributed by atoms with van der Waals surface area (Å²) in [6.45, 7) is 0.624. The molecular formula is C21H19FN2O2. The quantitative estimate of drug-likeness (QED) is 0.677. The molecule has 0 heterocycles. The number of halogens is 1. The number of anilines is 2. The van der Waals surface area contributed by atoms with Crippen LogP contribution in [0.2, 0.25) is 0 Å². The van der Waals surface area contributed by atoms with E-state index in [1.807, 2.05) is 36.4 Å². The van der Waals surface area contributed by atoms with E-state index in [1.165, 1.54) is 18.2 Å². The summed E-state index contributed by atoms with van der Waals surface area (Å²) >= 11 is 0. The summed E-state index contributed by atoms with van der Waals surface area (Å²) in [7, 11) is 1.65. The fraction of sp³-hybridized carbons (Fsp3) is 0.0952. The van der Waals surface area contributed by atoms with E-state index in [-0.39, 0.29) is 11.5 Å². The highest BCUT2D eigenvalue weighted by atomic mass is 19.1. The van der Waals surface area contributed by atoms with Crippen LogP contribution < -0.4 is 15.4 Å². The number of benzene rings is 3. The molecule has 0 saturated carbocycles. The predicted octanol–water partition coefficient (Wildman–Crippen LogP) is 4.70. The van der Waals surface area contributed by atoms with E-state index in [4.69, 9.17) is 4.74 Å². The van der Waals surface area contributed by atoms with Gasteiger partial charge in [-0.25, -0.2) is 4.39 Å². The molecule has 0 spiro atoms. The zero-order valence-corrected chi connectivity index (χ0v) is 14.3. The predicted molar refractivity (Wildman–Crippen MR) is 101 cm³/mol. The van der Waals surface area contributed by atoms with Gasteiger partial charge >= 0.3 is 0 Å². The standard InChI is InChI=1S/C21H19FN2O2/c1-26-20-8-3-2-5-16(20)14-23-18-9-11-19(12-10-18)24-21(25)15-6-4-7-17(22)13-15/h2-13,23H,14H2,1H3,(H,24,25). The monoisotopic (exact) mass is 350 g/mol. The van der Waals surface area contributed by atoms with Gasteiger partial charge in [-0.2, -0.15) is 0 Å². The molecule has 2 N–H and O–H groups in total. The molecule has 1 amide bonds. The molecule has 0 aromatic heterocycles. The molecule has 132 valence electrons. The van der Waals surface area contributed by atoms with E-state index >= 15 is 0 Å². The number of hydrogen-bond donors (Lipinski definition) is 2. The van der Waals surface area contributed by atoms with Crippen molar-refractivity contribution in [3.63, 3.8) is 0 Å². The molecule has 26 heavy (non-hydrogen) atoms. The third-order valence-corrected chi connectivity index (χ3v) is 3.91. The van der Waals surface area contributed by atoms with Crippen LogP contribution in [-0.4, -0.2) is 13.0 Å². The largest absolute Gasteiger partial charge is 0.496 e. The van der Waals surface area contributed by atoms with E-state index in [0.717, 1.165) is 17.0 Å². The van der Waals surface area contributed by atoms with Gasteiger partial charge in [-0.05, 0) is 48.5 Å². The second kappa shape index (κ2) is 8.16. The van der Waals surface area contributed by atoms with Crippen molar-refractivity contribution in [2.45, 2.75) is 6.54 Å². The second-order valence-corrected chi connectivity index (χ2v) is 5.71. The number of methoxy groups -OCH3 is 1. The van der Waals surface area contributed by atoms with Gasteiger partial charge < -0.3 is 15.4 Å². The SMILES string of the molecule is COc1ccccc1CNc1ccc(NC(=O)c2cccc(F)c2)cc1. The maximum absolute atomic E-state index is 13.2. The number of para-hydroxylation sites is 1. The minimum absolute atomic E-state index is 0.281. The molecule has 5 heteroatoms. The molecule has 0 aliphatic rings. The Morgan fingerprint density at radius 1 is 0.962 bits per heavy atom. The van der Waals surface area contributed by atoms with Crippen molar-refractivity contribution in [2.75, 3.05) is 17.7 Å². The molecule has 0 aliphatic heterocycles. The van der Waals surface area contributed by atoms with Crippen molar-refractivity contribution >= 4 is 17.3 Å². The minimum Gasteiger partial charge on any atom is -0.496 e. The first-order chi connectivity index (χ1) is 12.7. The lowest BCUT2D eigenvalue weighted by molar-refractivity contribution is 0.102. The van der Waals surface area contributed by atoms with E-state index in [9.17, 15) is 9.18 Å². The van der Waals surface area contributed by atoms with Crippen LogP contribution >= 0.6 is 0 Å². The molecule has 3 aromatic rings. The molecule has 0 unspecified atom stereocenters. The van der Waals surface area contributed by atoms with Gasteiger partial charge in [-0.15, -0.1) is 0 Å². The number of hydrogen-bond acceptors (Lipinski definition) is 3. The molecule has 0 radical (unpaired) electrons. The third-order valence-electron chi connectivity index (χ3n) is 3.91. The lowest BCUT2D eigenvalue weighted by atomic mass is 10.2. The summed E-state index contributed by atoms with van der Waals surface area (Å²) in [6.07, 6.45) is 0. The van der Waals surface area contributed by atoms with E-state index in [0.29, 0.717) is 12.2 Å². The van der Waals surface area contributed by atoms with Gasteiger partial charge in [-0.1, -0.05) is 24.3 Å². The molecule has 0 bridgehead atoms. The fourth-order valence-electron chi connectivity index (χ4n) is 2.55. The molecule has 0 aliphatic carbocycles. The Balaban J connectivity index is 1.60. The highest BCUT2D eigenvalue weighted by Crippen LogP contribution is 2.20. The van der Waals surface area contributed by atoms with Gasteiger partial charge in [0.25, 0.3) is 5.91 Å². The van der Waals surface area contributed by atoms with Crippen molar-refractivity contribution in [3.8, 4) is 5.75 Å². The van der Waals surface area contributed by atoms with E-state index < -0.39 is 5.82 Å². The smallest absolute Gasteiger partial charge is 0.255 e. The third kappa shape index (κ3) is 4.39. The summed E-state index contributed by atoms with van der Waals surface area (Å²) in [5.74, 6) is 0.0479. The first kappa shape index (κ1) is 17.5. The van der Waals surface area contributed by atoms with Gasteiger partial charge in [0.05, 0.1) is 7.11 Å². The van der Waals surface area contributed by atoms with Crippen molar-refractivity contribution in [2.24, 2.45) is 0 Å². The number of nitrogens with one attached hydrogen (secondary N) is 2. The molecule has 4 nitrogen and oxygen atoms in total. The topological polar surface area (TPSA) is 50.4 Å². The van der Waals surface area contributed by atoms with E-state index in [2.05, 4.69) is 10.6 Å². The molecule has 0 atom stereocenters. The summed E-state index contributed by atoms with van der Waals surface area (Å²) in [6, 6.07) is 20.7. The van der Waals surface area contributed by atoms with Crippen LogP contribution in [0.1, 0.15) is 15.9 Å². The maximum Gasteiger partial charge on any atom is 0.255 e. The van der Waals surface area contributed by atoms with Crippen LogP contribution in [0, 0.1) is 5.82 Å². The summed E-state index contributed by atoms with van der Waals surface area (Å²) in [5, 5.41) is 6.06. The van der Waals surface area contributed by atoms with Crippen LogP contribution in [-0.2, 0) is 6.54 Å². The minimum atomic E-state index is -0.437. The number of rotatable bonds is 6. The van der Waals surface area contributed by atoms with Gasteiger partial charge in [0.1, 0.15) is 11.6 Å². The Morgan fingerprint density at radius 3 is 2.42 bits per heavy atom. The van der Waals surface area contributed by atoms with Crippen molar-refractivity contribution in [1.29, 1.82) is 0 Å². The second-order valence-electron chi connectivity index (χ2n) is 5.71. The molecule has 3 rings (SSSR count). The first-order valence-electron chi connectivity index (χ1n) is 8.18. The van der Waals surface area contributed by atoms with E-state index in [1.54, 1.807) is 25.3 Å². The lowest BCUT2D eigenvalue weighted by Crippen LogP contribution is -2.12. The summed E-state index contributed by atoms with van der Waals surface area (Å²) in [5.41, 5.74) is 2.89. The number of ether oxygens (including phenoxy) is 1. The van der Waals surface area contributed by atoms with Crippen molar-refractivity contribution in [1.82, 2.24) is 0 Å². The summed E-state index contributed by atoms with van der Waals surface area (Å²) in [4.78, 5) is 12.1. The summed E-state index contributed by atoms with van der Waals surface area (Å²) < 4.78 is 18.5. The highest BCUT2D eigenvalue weighted by molar-refractivity contribution is 6.04. The van der Waals surface area contributed by atoms with Crippen molar-refractivity contribution < 1.29 is 13.9 Å². The Labute approximate surface area is 151 Å². The highest BCUT2D eigenvalue weighted by Gasteiger charge is 2.07. The number of amides is 1. The van der Waals surface area contributed by atoms with Gasteiger partial charge in [0.15, 0.2) is 0 Å². The van der Waals surface area contributed by atoms with Crippen LogP contribution in [0.3, 0.4) is 0 Å². The van der Waals surface area contributed by atoms with Crippen molar-refractivity contribution in [3.05, 3.63) is 89.7 Å². The Hall–Kier alpha value is -3.34.